The van der Waals surface area contributed by atoms with Gasteiger partial charge in [0.2, 0.25) is 0 Å². The first-order valence-corrected chi connectivity index (χ1v) is 7.19. The van der Waals surface area contributed by atoms with E-state index >= 15 is 0 Å². The van der Waals surface area contributed by atoms with Crippen molar-refractivity contribution in [2.75, 3.05) is 13.6 Å². The Morgan fingerprint density at radius 3 is 2.83 bits per heavy atom. The molecule has 1 heterocycles. The summed E-state index contributed by atoms with van der Waals surface area (Å²) in [4.78, 5) is 2.26. The number of likely N-dealkylation sites (N-methyl/N-ethyl adjacent to an activating group) is 1. The van der Waals surface area contributed by atoms with Crippen molar-refractivity contribution >= 4 is 22.9 Å². The highest BCUT2D eigenvalue weighted by Crippen LogP contribution is 2.23. The first kappa shape index (κ1) is 13.6. The normalized spacial score (nSPS) is 12.9. The van der Waals surface area contributed by atoms with Gasteiger partial charge in [0.1, 0.15) is 0 Å². The zero-order valence-corrected chi connectivity index (χ0v) is 11.9. The van der Waals surface area contributed by atoms with Gasteiger partial charge in [-0.15, -0.1) is 0 Å². The lowest BCUT2D eigenvalue weighted by atomic mass is 10.1. The van der Waals surface area contributed by atoms with E-state index in [0.29, 0.717) is 6.54 Å². The summed E-state index contributed by atoms with van der Waals surface area (Å²) in [5.41, 5.74) is 8.39. The molecule has 0 aliphatic heterocycles. The lowest BCUT2D eigenvalue weighted by molar-refractivity contribution is 0.242. The largest absolute Gasteiger partial charge is 0.329 e. The van der Waals surface area contributed by atoms with Gasteiger partial charge in [0, 0.05) is 24.2 Å². The molecule has 0 aliphatic rings. The van der Waals surface area contributed by atoms with Gasteiger partial charge < -0.3 is 5.73 Å². The number of thiophene rings is 1. The molecule has 0 spiro atoms. The second-order valence-electron chi connectivity index (χ2n) is 4.35. The van der Waals surface area contributed by atoms with E-state index in [0.717, 1.165) is 11.6 Å². The quantitative estimate of drug-likeness (QED) is 0.908. The minimum atomic E-state index is 0.198. The highest BCUT2D eigenvalue weighted by Gasteiger charge is 2.15. The molecule has 0 fully saturated rings. The van der Waals surface area contributed by atoms with Gasteiger partial charge >= 0.3 is 0 Å². The number of rotatable bonds is 5. The predicted octanol–water partition coefficient (Wildman–Crippen LogP) is 3.53. The van der Waals surface area contributed by atoms with Crippen LogP contribution in [0.25, 0.3) is 0 Å². The maximum Gasteiger partial charge on any atom is 0.0471 e. The van der Waals surface area contributed by atoms with E-state index in [4.69, 9.17) is 17.3 Å². The molecule has 0 bridgehead atoms. The number of hydrogen-bond donors (Lipinski definition) is 1. The number of nitrogens with zero attached hydrogens (tertiary/aromatic N) is 1. The molecule has 18 heavy (non-hydrogen) atoms. The van der Waals surface area contributed by atoms with Crippen LogP contribution in [-0.4, -0.2) is 18.5 Å². The van der Waals surface area contributed by atoms with Crippen LogP contribution in [0, 0.1) is 0 Å². The van der Waals surface area contributed by atoms with Crippen LogP contribution in [0.4, 0.5) is 0 Å². The van der Waals surface area contributed by atoms with E-state index in [1.165, 1.54) is 11.1 Å². The van der Waals surface area contributed by atoms with Crippen LogP contribution in [0.5, 0.6) is 0 Å². The van der Waals surface area contributed by atoms with Crippen molar-refractivity contribution in [2.45, 2.75) is 12.6 Å². The van der Waals surface area contributed by atoms with Crippen LogP contribution in [0.2, 0.25) is 5.02 Å². The van der Waals surface area contributed by atoms with E-state index in [2.05, 4.69) is 34.8 Å². The molecule has 2 nitrogen and oxygen atoms in total. The molecule has 1 atom stereocenters. The van der Waals surface area contributed by atoms with Gasteiger partial charge in [-0.1, -0.05) is 23.7 Å². The van der Waals surface area contributed by atoms with E-state index in [1.54, 1.807) is 11.3 Å². The van der Waals surface area contributed by atoms with Crippen molar-refractivity contribution in [3.63, 3.8) is 0 Å². The molecule has 1 unspecified atom stereocenters. The summed E-state index contributed by atoms with van der Waals surface area (Å²) < 4.78 is 0. The van der Waals surface area contributed by atoms with Crippen molar-refractivity contribution in [1.29, 1.82) is 0 Å². The van der Waals surface area contributed by atoms with Crippen LogP contribution in [-0.2, 0) is 6.54 Å². The molecule has 4 heteroatoms. The van der Waals surface area contributed by atoms with Crippen molar-refractivity contribution in [2.24, 2.45) is 5.73 Å². The maximum atomic E-state index is 6.04. The highest BCUT2D eigenvalue weighted by atomic mass is 35.5. The summed E-state index contributed by atoms with van der Waals surface area (Å²) in [5.74, 6) is 0. The fraction of sp³-hybridized carbons (Fsp3) is 0.286. The first-order valence-electron chi connectivity index (χ1n) is 5.87. The fourth-order valence-electron chi connectivity index (χ4n) is 2.07. The summed E-state index contributed by atoms with van der Waals surface area (Å²) in [6, 6.07) is 10.3. The molecule has 0 saturated carbocycles. The minimum absolute atomic E-state index is 0.198. The van der Waals surface area contributed by atoms with Crippen LogP contribution >= 0.6 is 22.9 Å². The average Bonchev–Trinajstić information content (AvgIpc) is 2.83. The van der Waals surface area contributed by atoms with Crippen LogP contribution in [0.3, 0.4) is 0 Å². The van der Waals surface area contributed by atoms with Crippen LogP contribution < -0.4 is 5.73 Å². The standard InChI is InChI=1S/C14H17ClN2S/c1-17(9-11-5-6-18-10-11)14(8-16)12-3-2-4-13(15)7-12/h2-7,10,14H,8-9,16H2,1H3. The lowest BCUT2D eigenvalue weighted by Crippen LogP contribution is -2.30. The third kappa shape index (κ3) is 3.33. The van der Waals surface area contributed by atoms with Crippen LogP contribution in [0.1, 0.15) is 17.2 Å². The van der Waals surface area contributed by atoms with Gasteiger partial charge in [0.25, 0.3) is 0 Å². The van der Waals surface area contributed by atoms with Gasteiger partial charge in [-0.2, -0.15) is 11.3 Å². The minimum Gasteiger partial charge on any atom is -0.329 e. The van der Waals surface area contributed by atoms with Crippen molar-refractivity contribution in [3.8, 4) is 0 Å². The Bertz CT molecular complexity index is 484. The third-order valence-corrected chi connectivity index (χ3v) is 3.97. The topological polar surface area (TPSA) is 29.3 Å². The van der Waals surface area contributed by atoms with Gasteiger partial charge in [-0.3, -0.25) is 4.90 Å². The van der Waals surface area contributed by atoms with Gasteiger partial charge in [0.15, 0.2) is 0 Å². The Morgan fingerprint density at radius 2 is 2.22 bits per heavy atom. The highest BCUT2D eigenvalue weighted by molar-refractivity contribution is 7.07. The van der Waals surface area contributed by atoms with Gasteiger partial charge in [-0.25, -0.2) is 0 Å². The molecule has 0 aliphatic carbocycles. The van der Waals surface area contributed by atoms with Gasteiger partial charge in [0.05, 0.1) is 0 Å². The van der Waals surface area contributed by atoms with Gasteiger partial charge in [-0.05, 0) is 47.1 Å². The number of halogens is 1. The summed E-state index contributed by atoms with van der Waals surface area (Å²) in [6.45, 7) is 1.48. The lowest BCUT2D eigenvalue weighted by Gasteiger charge is -2.27. The van der Waals surface area contributed by atoms with Crippen LogP contribution in [0.15, 0.2) is 41.1 Å². The molecular formula is C14H17ClN2S. The zero-order chi connectivity index (χ0) is 13.0. The Balaban J connectivity index is 2.12. The predicted molar refractivity (Wildman–Crippen MR) is 79.0 cm³/mol. The Hall–Kier alpha value is -0.870. The second kappa shape index (κ2) is 6.34. The average molecular weight is 281 g/mol. The second-order valence-corrected chi connectivity index (χ2v) is 5.57. The maximum absolute atomic E-state index is 6.04. The Kier molecular flexibility index (Phi) is 4.78. The fourth-order valence-corrected chi connectivity index (χ4v) is 2.92. The number of hydrogen-bond acceptors (Lipinski definition) is 3. The molecule has 0 saturated heterocycles. The molecule has 2 aromatic rings. The monoisotopic (exact) mass is 280 g/mol. The van der Waals surface area contributed by atoms with Crippen molar-refractivity contribution < 1.29 is 0 Å². The SMILES string of the molecule is CN(Cc1ccsc1)C(CN)c1cccc(Cl)c1. The smallest absolute Gasteiger partial charge is 0.0471 e. The van der Waals surface area contributed by atoms with Crippen molar-refractivity contribution in [1.82, 2.24) is 4.90 Å². The Morgan fingerprint density at radius 1 is 1.39 bits per heavy atom. The Labute approximate surface area is 117 Å². The molecule has 0 radical (unpaired) electrons. The van der Waals surface area contributed by atoms with E-state index in [9.17, 15) is 0 Å². The van der Waals surface area contributed by atoms with Crippen molar-refractivity contribution in [3.05, 3.63) is 57.2 Å². The van der Waals surface area contributed by atoms with E-state index < -0.39 is 0 Å². The van der Waals surface area contributed by atoms with E-state index in [1.807, 2.05) is 18.2 Å². The molecule has 0 amide bonds. The summed E-state index contributed by atoms with van der Waals surface area (Å²) in [6.07, 6.45) is 0. The molecule has 2 N–H and O–H groups in total. The summed E-state index contributed by atoms with van der Waals surface area (Å²) in [5, 5.41) is 5.03. The molecular weight excluding hydrogens is 264 g/mol. The molecule has 96 valence electrons. The number of nitrogens with two attached hydrogens (primary N) is 1. The molecule has 1 aromatic heterocycles. The summed E-state index contributed by atoms with van der Waals surface area (Å²) >= 11 is 7.76. The first-order chi connectivity index (χ1) is 8.70. The molecule has 1 aromatic carbocycles. The zero-order valence-electron chi connectivity index (χ0n) is 10.3. The summed E-state index contributed by atoms with van der Waals surface area (Å²) in [7, 11) is 2.09. The third-order valence-electron chi connectivity index (χ3n) is 3.00. The molecule has 2 rings (SSSR count). The number of benzene rings is 1. The van der Waals surface area contributed by atoms with E-state index in [-0.39, 0.29) is 6.04 Å².